The normalized spacial score (nSPS) is 10.2. The number of rotatable bonds is 3. The lowest BCUT2D eigenvalue weighted by Crippen LogP contribution is -2.23. The van der Waals surface area contributed by atoms with Crippen LogP contribution in [0, 0.1) is 0 Å². The molecular weight excluding hydrogens is 280 g/mol. The van der Waals surface area contributed by atoms with E-state index < -0.39 is 5.91 Å². The highest BCUT2D eigenvalue weighted by atomic mass is 35.5. The number of benzene rings is 2. The summed E-state index contributed by atoms with van der Waals surface area (Å²) in [5.41, 5.74) is 6.65. The predicted molar refractivity (Wildman–Crippen MR) is 76.8 cm³/mol. The van der Waals surface area contributed by atoms with Crippen molar-refractivity contribution in [1.29, 1.82) is 0 Å². The van der Waals surface area contributed by atoms with Gasteiger partial charge in [-0.2, -0.15) is 0 Å². The minimum Gasteiger partial charge on any atom is -0.508 e. The number of carbonyl (C=O) groups excluding carboxylic acids is 1. The SMILES string of the molecule is Nc1ccc(O)c(CNC(=O)c2cc(Cl)ccc2O)c1. The number of nitrogen functional groups attached to an aromatic ring is 1. The molecule has 0 fully saturated rings. The zero-order valence-corrected chi connectivity index (χ0v) is 11.2. The minimum atomic E-state index is -0.494. The molecule has 2 aromatic carbocycles. The predicted octanol–water partition coefficient (Wildman–Crippen LogP) is 2.26. The third kappa shape index (κ3) is 3.13. The van der Waals surface area contributed by atoms with Crippen LogP contribution in [0.5, 0.6) is 11.5 Å². The first-order valence-corrected chi connectivity index (χ1v) is 6.19. The van der Waals surface area contributed by atoms with E-state index in [1.807, 2.05) is 0 Å². The van der Waals surface area contributed by atoms with Crippen LogP contribution in [0.1, 0.15) is 15.9 Å². The maximum atomic E-state index is 11.9. The summed E-state index contributed by atoms with van der Waals surface area (Å²) in [5, 5.41) is 22.2. The van der Waals surface area contributed by atoms with Gasteiger partial charge >= 0.3 is 0 Å². The highest BCUT2D eigenvalue weighted by Crippen LogP contribution is 2.22. The van der Waals surface area contributed by atoms with E-state index in [9.17, 15) is 15.0 Å². The molecule has 0 aliphatic heterocycles. The van der Waals surface area contributed by atoms with Crippen LogP contribution in [-0.4, -0.2) is 16.1 Å². The van der Waals surface area contributed by atoms with E-state index >= 15 is 0 Å². The van der Waals surface area contributed by atoms with Crippen LogP contribution in [0.2, 0.25) is 5.02 Å². The largest absolute Gasteiger partial charge is 0.508 e. The van der Waals surface area contributed by atoms with Gasteiger partial charge in [-0.1, -0.05) is 11.6 Å². The molecule has 0 radical (unpaired) electrons. The third-order valence-corrected chi connectivity index (χ3v) is 2.98. The fraction of sp³-hybridized carbons (Fsp3) is 0.0714. The molecule has 0 bridgehead atoms. The van der Waals surface area contributed by atoms with Gasteiger partial charge in [0.05, 0.1) is 5.56 Å². The summed E-state index contributed by atoms with van der Waals surface area (Å²) < 4.78 is 0. The summed E-state index contributed by atoms with van der Waals surface area (Å²) in [6.45, 7) is 0.0850. The molecule has 0 spiro atoms. The van der Waals surface area contributed by atoms with Gasteiger partial charge in [-0.15, -0.1) is 0 Å². The molecule has 0 saturated carbocycles. The maximum absolute atomic E-state index is 11.9. The molecule has 2 aromatic rings. The lowest BCUT2D eigenvalue weighted by atomic mass is 10.1. The van der Waals surface area contributed by atoms with Gasteiger partial charge in [-0.25, -0.2) is 0 Å². The Balaban J connectivity index is 2.12. The zero-order valence-electron chi connectivity index (χ0n) is 10.4. The number of phenolic OH excluding ortho intramolecular Hbond substituents is 2. The van der Waals surface area contributed by atoms with Gasteiger partial charge in [0.15, 0.2) is 0 Å². The number of anilines is 1. The maximum Gasteiger partial charge on any atom is 0.255 e. The van der Waals surface area contributed by atoms with Crippen LogP contribution in [0.25, 0.3) is 0 Å². The molecule has 0 aliphatic carbocycles. The van der Waals surface area contributed by atoms with Crippen molar-refractivity contribution in [3.8, 4) is 11.5 Å². The van der Waals surface area contributed by atoms with Gasteiger partial charge in [0.25, 0.3) is 5.91 Å². The Labute approximate surface area is 120 Å². The van der Waals surface area contributed by atoms with E-state index in [0.29, 0.717) is 16.3 Å². The van der Waals surface area contributed by atoms with Crippen molar-refractivity contribution in [2.75, 3.05) is 5.73 Å². The molecule has 2 rings (SSSR count). The molecule has 1 amide bonds. The van der Waals surface area contributed by atoms with Crippen LogP contribution in [-0.2, 0) is 6.54 Å². The smallest absolute Gasteiger partial charge is 0.255 e. The molecule has 0 atom stereocenters. The minimum absolute atomic E-state index is 0.0369. The average Bonchev–Trinajstić information content (AvgIpc) is 2.42. The van der Waals surface area contributed by atoms with Crippen molar-refractivity contribution in [1.82, 2.24) is 5.32 Å². The fourth-order valence-electron chi connectivity index (χ4n) is 1.71. The molecule has 5 nitrogen and oxygen atoms in total. The van der Waals surface area contributed by atoms with Crippen molar-refractivity contribution >= 4 is 23.2 Å². The van der Waals surface area contributed by atoms with Gasteiger partial charge in [-0.3, -0.25) is 4.79 Å². The number of phenols is 2. The molecule has 5 N–H and O–H groups in total. The van der Waals surface area contributed by atoms with Gasteiger partial charge in [-0.05, 0) is 36.4 Å². The summed E-state index contributed by atoms with van der Waals surface area (Å²) in [7, 11) is 0. The molecule has 0 saturated heterocycles. The van der Waals surface area contributed by atoms with E-state index in [0.717, 1.165) is 0 Å². The fourth-order valence-corrected chi connectivity index (χ4v) is 1.88. The van der Waals surface area contributed by atoms with Gasteiger partial charge in [0.2, 0.25) is 0 Å². The second kappa shape index (κ2) is 5.71. The van der Waals surface area contributed by atoms with Crippen molar-refractivity contribution < 1.29 is 15.0 Å². The summed E-state index contributed by atoms with van der Waals surface area (Å²) in [6, 6.07) is 8.77. The van der Waals surface area contributed by atoms with Crippen molar-refractivity contribution in [2.24, 2.45) is 0 Å². The Kier molecular flexibility index (Phi) is 4.00. The first kappa shape index (κ1) is 14.0. The Morgan fingerprint density at radius 1 is 1.15 bits per heavy atom. The lowest BCUT2D eigenvalue weighted by Gasteiger charge is -2.09. The second-order valence-corrected chi connectivity index (χ2v) is 4.67. The van der Waals surface area contributed by atoms with Crippen molar-refractivity contribution in [2.45, 2.75) is 6.54 Å². The topological polar surface area (TPSA) is 95.6 Å². The number of carbonyl (C=O) groups is 1. The number of aromatic hydroxyl groups is 2. The number of nitrogens with one attached hydrogen (secondary N) is 1. The van der Waals surface area contributed by atoms with E-state index in [1.165, 1.54) is 24.3 Å². The van der Waals surface area contributed by atoms with E-state index in [1.54, 1.807) is 12.1 Å². The highest BCUT2D eigenvalue weighted by molar-refractivity contribution is 6.31. The molecule has 6 heteroatoms. The van der Waals surface area contributed by atoms with Gasteiger partial charge in [0.1, 0.15) is 11.5 Å². The third-order valence-electron chi connectivity index (χ3n) is 2.75. The summed E-state index contributed by atoms with van der Waals surface area (Å²) in [6.07, 6.45) is 0. The molecule has 0 unspecified atom stereocenters. The molecular formula is C14H13ClN2O3. The van der Waals surface area contributed by atoms with E-state index in [4.69, 9.17) is 17.3 Å². The monoisotopic (exact) mass is 292 g/mol. The van der Waals surface area contributed by atoms with Crippen LogP contribution in [0.15, 0.2) is 36.4 Å². The Morgan fingerprint density at radius 2 is 1.85 bits per heavy atom. The molecule has 20 heavy (non-hydrogen) atoms. The Hall–Kier alpha value is -2.40. The first-order chi connectivity index (χ1) is 9.47. The molecule has 0 aromatic heterocycles. The molecule has 0 aliphatic rings. The van der Waals surface area contributed by atoms with E-state index in [2.05, 4.69) is 5.32 Å². The molecule has 104 valence electrons. The summed E-state index contributed by atoms with van der Waals surface area (Å²) in [5.74, 6) is -0.620. The Morgan fingerprint density at radius 3 is 2.60 bits per heavy atom. The van der Waals surface area contributed by atoms with Gasteiger partial charge in [0, 0.05) is 22.8 Å². The second-order valence-electron chi connectivity index (χ2n) is 4.23. The standard InChI is InChI=1S/C14H13ClN2O3/c15-9-1-3-13(19)11(6-9)14(20)17-7-8-5-10(16)2-4-12(8)18/h1-6,18-19H,7,16H2,(H,17,20). The van der Waals surface area contributed by atoms with Crippen LogP contribution >= 0.6 is 11.6 Å². The van der Waals surface area contributed by atoms with Crippen LogP contribution in [0.3, 0.4) is 0 Å². The van der Waals surface area contributed by atoms with Crippen molar-refractivity contribution in [3.63, 3.8) is 0 Å². The first-order valence-electron chi connectivity index (χ1n) is 5.81. The number of amides is 1. The average molecular weight is 293 g/mol. The highest BCUT2D eigenvalue weighted by Gasteiger charge is 2.12. The van der Waals surface area contributed by atoms with Gasteiger partial charge < -0.3 is 21.3 Å². The van der Waals surface area contributed by atoms with Crippen LogP contribution < -0.4 is 11.1 Å². The number of nitrogens with two attached hydrogens (primary N) is 1. The summed E-state index contributed by atoms with van der Waals surface area (Å²) in [4.78, 5) is 11.9. The van der Waals surface area contributed by atoms with Crippen LogP contribution in [0.4, 0.5) is 5.69 Å². The number of halogens is 1. The quantitative estimate of drug-likeness (QED) is 0.515. The van der Waals surface area contributed by atoms with Crippen molar-refractivity contribution in [3.05, 3.63) is 52.5 Å². The number of hydrogen-bond donors (Lipinski definition) is 4. The lowest BCUT2D eigenvalue weighted by molar-refractivity contribution is 0.0948. The zero-order chi connectivity index (χ0) is 14.7. The van der Waals surface area contributed by atoms with E-state index in [-0.39, 0.29) is 23.6 Å². The summed E-state index contributed by atoms with van der Waals surface area (Å²) >= 11 is 5.78. The number of hydrogen-bond acceptors (Lipinski definition) is 4. The Bertz CT molecular complexity index is 659. The molecule has 0 heterocycles.